The summed E-state index contributed by atoms with van der Waals surface area (Å²) >= 11 is 1.09. The van der Waals surface area contributed by atoms with Gasteiger partial charge in [-0.25, -0.2) is 8.42 Å². The lowest BCUT2D eigenvalue weighted by atomic mass is 10.0. The number of anilines is 1. The Balaban J connectivity index is 1.76. The highest BCUT2D eigenvalue weighted by Gasteiger charge is 2.26. The normalized spacial score (nSPS) is 14.7. The van der Waals surface area contributed by atoms with Crippen LogP contribution in [-0.2, 0) is 29.4 Å². The number of hydrogen-bond acceptors (Lipinski definition) is 6. The zero-order chi connectivity index (χ0) is 19.4. The maximum absolute atomic E-state index is 12.6. The van der Waals surface area contributed by atoms with E-state index in [0.717, 1.165) is 34.8 Å². The first-order valence-corrected chi connectivity index (χ1v) is 11.5. The molecule has 0 saturated carbocycles. The van der Waals surface area contributed by atoms with Crippen molar-refractivity contribution in [2.24, 2.45) is 0 Å². The number of amides is 1. The van der Waals surface area contributed by atoms with E-state index in [0.29, 0.717) is 42.9 Å². The Morgan fingerprint density at radius 2 is 2.07 bits per heavy atom. The van der Waals surface area contributed by atoms with Crippen LogP contribution >= 0.6 is 11.5 Å². The number of fused-ring (bicyclic) bond motifs is 1. The van der Waals surface area contributed by atoms with Crippen molar-refractivity contribution >= 4 is 33.2 Å². The predicted molar refractivity (Wildman–Crippen MR) is 106 cm³/mol. The number of carbonyl (C=O) groups excluding carboxylic acids is 1. The van der Waals surface area contributed by atoms with Gasteiger partial charge in [-0.1, -0.05) is 30.8 Å². The lowest BCUT2D eigenvalue weighted by Gasteiger charge is -2.28. The minimum Gasteiger partial charge on any atom is -0.321 e. The molecule has 0 bridgehead atoms. The van der Waals surface area contributed by atoms with Crippen LogP contribution in [0.15, 0.2) is 18.2 Å². The Bertz CT molecular complexity index is 924. The lowest BCUT2D eigenvalue weighted by molar-refractivity contribution is 0.102. The molecule has 27 heavy (non-hydrogen) atoms. The number of rotatable bonds is 7. The molecule has 0 aliphatic carbocycles. The molecular weight excluding hydrogens is 384 g/mol. The van der Waals surface area contributed by atoms with E-state index in [1.54, 1.807) is 0 Å². The van der Waals surface area contributed by atoms with Crippen LogP contribution < -0.4 is 5.32 Å². The van der Waals surface area contributed by atoms with Gasteiger partial charge in [-0.15, -0.1) is 5.10 Å². The molecule has 2 heterocycles. The second-order valence-corrected chi connectivity index (χ2v) is 9.48. The van der Waals surface area contributed by atoms with E-state index in [-0.39, 0.29) is 11.7 Å². The SMILES string of the molecule is CCCc1nnsc1C(=O)Nc1ccc2c(c1)CN(S(=O)(=O)CCC)CC2. The average Bonchev–Trinajstić information content (AvgIpc) is 3.10. The molecule has 0 unspecified atom stereocenters. The van der Waals surface area contributed by atoms with Gasteiger partial charge >= 0.3 is 0 Å². The van der Waals surface area contributed by atoms with Gasteiger partial charge in [0, 0.05) is 18.8 Å². The quantitative estimate of drug-likeness (QED) is 0.760. The number of hydrogen-bond donors (Lipinski definition) is 1. The summed E-state index contributed by atoms with van der Waals surface area (Å²) in [6, 6.07) is 5.70. The molecule has 3 rings (SSSR count). The molecule has 146 valence electrons. The van der Waals surface area contributed by atoms with E-state index in [4.69, 9.17) is 0 Å². The van der Waals surface area contributed by atoms with Crippen molar-refractivity contribution in [3.8, 4) is 0 Å². The Kier molecular flexibility index (Phi) is 6.23. The first-order valence-electron chi connectivity index (χ1n) is 9.16. The van der Waals surface area contributed by atoms with Crippen LogP contribution in [0, 0.1) is 0 Å². The van der Waals surface area contributed by atoms with Crippen LogP contribution in [0.2, 0.25) is 0 Å². The van der Waals surface area contributed by atoms with E-state index in [9.17, 15) is 13.2 Å². The molecule has 1 aromatic heterocycles. The lowest BCUT2D eigenvalue weighted by Crippen LogP contribution is -2.37. The van der Waals surface area contributed by atoms with Crippen molar-refractivity contribution in [1.29, 1.82) is 0 Å². The van der Waals surface area contributed by atoms with Gasteiger partial charge in [0.1, 0.15) is 4.88 Å². The molecule has 9 heteroatoms. The van der Waals surface area contributed by atoms with Crippen molar-refractivity contribution in [1.82, 2.24) is 13.9 Å². The van der Waals surface area contributed by atoms with Gasteiger partial charge in [-0.2, -0.15) is 4.31 Å². The fraction of sp³-hybridized carbons (Fsp3) is 0.500. The van der Waals surface area contributed by atoms with E-state index >= 15 is 0 Å². The molecule has 1 aliphatic rings. The van der Waals surface area contributed by atoms with E-state index < -0.39 is 10.0 Å². The third kappa shape index (κ3) is 4.53. The van der Waals surface area contributed by atoms with Crippen LogP contribution in [0.4, 0.5) is 5.69 Å². The zero-order valence-electron chi connectivity index (χ0n) is 15.6. The largest absolute Gasteiger partial charge is 0.321 e. The van der Waals surface area contributed by atoms with Gasteiger partial charge < -0.3 is 5.32 Å². The summed E-state index contributed by atoms with van der Waals surface area (Å²) < 4.78 is 30.1. The van der Waals surface area contributed by atoms with Gasteiger partial charge in [-0.3, -0.25) is 4.79 Å². The summed E-state index contributed by atoms with van der Waals surface area (Å²) in [5.74, 6) is -0.0585. The molecule has 1 N–H and O–H groups in total. The highest BCUT2D eigenvalue weighted by molar-refractivity contribution is 7.89. The van der Waals surface area contributed by atoms with Gasteiger partial charge in [0.2, 0.25) is 10.0 Å². The Hall–Kier alpha value is -1.84. The maximum Gasteiger partial charge on any atom is 0.269 e. The van der Waals surface area contributed by atoms with Crippen molar-refractivity contribution in [3.05, 3.63) is 39.9 Å². The minimum absolute atomic E-state index is 0.164. The Morgan fingerprint density at radius 3 is 2.81 bits per heavy atom. The summed E-state index contributed by atoms with van der Waals surface area (Å²) in [6.45, 7) is 4.76. The second kappa shape index (κ2) is 8.45. The molecule has 0 fully saturated rings. The number of carbonyl (C=O) groups is 1. The van der Waals surface area contributed by atoms with E-state index in [2.05, 4.69) is 14.9 Å². The topological polar surface area (TPSA) is 92.3 Å². The number of benzene rings is 1. The van der Waals surface area contributed by atoms with Crippen molar-refractivity contribution in [2.45, 2.75) is 46.1 Å². The molecule has 0 saturated heterocycles. The monoisotopic (exact) mass is 408 g/mol. The number of sulfonamides is 1. The number of nitrogens with one attached hydrogen (secondary N) is 1. The van der Waals surface area contributed by atoms with E-state index in [1.165, 1.54) is 4.31 Å². The van der Waals surface area contributed by atoms with Gasteiger partial charge in [0.05, 0.1) is 11.4 Å². The number of nitrogens with zero attached hydrogens (tertiary/aromatic N) is 3. The number of aryl methyl sites for hydroxylation is 1. The third-order valence-electron chi connectivity index (χ3n) is 4.55. The van der Waals surface area contributed by atoms with Crippen molar-refractivity contribution < 1.29 is 13.2 Å². The molecule has 1 amide bonds. The number of aromatic nitrogens is 2. The van der Waals surface area contributed by atoms with Crippen molar-refractivity contribution in [2.75, 3.05) is 17.6 Å². The highest BCUT2D eigenvalue weighted by atomic mass is 32.2. The molecule has 1 aliphatic heterocycles. The van der Waals surface area contributed by atoms with Gasteiger partial charge in [0.15, 0.2) is 0 Å². The molecule has 0 atom stereocenters. The third-order valence-corrected chi connectivity index (χ3v) is 7.34. The van der Waals surface area contributed by atoms with Crippen LogP contribution in [0.25, 0.3) is 0 Å². The zero-order valence-corrected chi connectivity index (χ0v) is 17.2. The van der Waals surface area contributed by atoms with Crippen LogP contribution in [0.3, 0.4) is 0 Å². The molecular formula is C18H24N4O3S2. The first-order chi connectivity index (χ1) is 12.9. The average molecular weight is 409 g/mol. The Labute approximate surface area is 164 Å². The summed E-state index contributed by atoms with van der Waals surface area (Å²) in [5.41, 5.74) is 3.44. The highest BCUT2D eigenvalue weighted by Crippen LogP contribution is 2.25. The first kappa shape index (κ1) is 19.9. The molecule has 0 radical (unpaired) electrons. The van der Waals surface area contributed by atoms with Crippen molar-refractivity contribution in [3.63, 3.8) is 0 Å². The maximum atomic E-state index is 12.6. The summed E-state index contributed by atoms with van der Waals surface area (Å²) in [6.07, 6.45) is 2.90. The minimum atomic E-state index is -3.23. The second-order valence-electron chi connectivity index (χ2n) is 6.64. The fourth-order valence-electron chi connectivity index (χ4n) is 3.20. The van der Waals surface area contributed by atoms with Crippen LogP contribution in [0.5, 0.6) is 0 Å². The predicted octanol–water partition coefficient (Wildman–Crippen LogP) is 2.84. The van der Waals surface area contributed by atoms with Crippen LogP contribution in [-0.4, -0.2) is 40.5 Å². The van der Waals surface area contributed by atoms with Crippen LogP contribution in [0.1, 0.15) is 53.2 Å². The summed E-state index contributed by atoms with van der Waals surface area (Å²) in [4.78, 5) is 13.1. The summed E-state index contributed by atoms with van der Waals surface area (Å²) in [5, 5.41) is 6.92. The molecule has 0 spiro atoms. The molecule has 7 nitrogen and oxygen atoms in total. The standard InChI is InChI=1S/C18H24N4O3S2/c1-3-5-16-17(26-21-20-16)18(23)19-15-7-6-13-8-9-22(12-14(13)11-15)27(24,25)10-4-2/h6-7,11H,3-5,8-10,12H2,1-2H3,(H,19,23). The van der Waals surface area contributed by atoms with E-state index in [1.807, 2.05) is 32.0 Å². The fourth-order valence-corrected chi connectivity index (χ4v) is 5.29. The molecule has 1 aromatic carbocycles. The summed E-state index contributed by atoms with van der Waals surface area (Å²) in [7, 11) is -3.23. The molecule has 2 aromatic rings. The van der Waals surface area contributed by atoms with Gasteiger partial charge in [0.25, 0.3) is 5.91 Å². The Morgan fingerprint density at radius 1 is 1.26 bits per heavy atom. The smallest absolute Gasteiger partial charge is 0.269 e. The van der Waals surface area contributed by atoms with Gasteiger partial charge in [-0.05, 0) is 54.1 Å².